The van der Waals surface area contributed by atoms with E-state index in [0.29, 0.717) is 37.1 Å². The lowest BCUT2D eigenvalue weighted by Crippen LogP contribution is -2.29. The van der Waals surface area contributed by atoms with Crippen molar-refractivity contribution in [1.82, 2.24) is 4.90 Å². The zero-order valence-electron chi connectivity index (χ0n) is 20.2. The fourth-order valence-corrected chi connectivity index (χ4v) is 4.20. The molecule has 0 N–H and O–H groups in total. The van der Waals surface area contributed by atoms with Crippen LogP contribution in [0, 0.1) is 18.6 Å². The van der Waals surface area contributed by atoms with E-state index in [-0.39, 0.29) is 5.97 Å². The van der Waals surface area contributed by atoms with Gasteiger partial charge < -0.3 is 4.74 Å². The van der Waals surface area contributed by atoms with Crippen molar-refractivity contribution in [2.75, 3.05) is 26.7 Å². The Kier molecular flexibility index (Phi) is 9.34. The minimum Gasteiger partial charge on any atom is -0.465 e. The number of hydrogen-bond donors (Lipinski definition) is 0. The van der Waals surface area contributed by atoms with Crippen LogP contribution in [0.1, 0.15) is 42.9 Å². The first-order chi connectivity index (χ1) is 16.4. The number of methoxy groups -OCH3 is 1. The summed E-state index contributed by atoms with van der Waals surface area (Å²) >= 11 is 0. The Balaban J connectivity index is 1.79. The summed E-state index contributed by atoms with van der Waals surface area (Å²) in [6.45, 7) is 6.41. The second-order valence-corrected chi connectivity index (χ2v) is 8.63. The van der Waals surface area contributed by atoms with Crippen LogP contribution in [-0.4, -0.2) is 37.6 Å². The highest BCUT2D eigenvalue weighted by Crippen LogP contribution is 2.30. The van der Waals surface area contributed by atoms with Gasteiger partial charge in [0.15, 0.2) is 0 Å². The summed E-state index contributed by atoms with van der Waals surface area (Å²) in [4.78, 5) is 14.9. The molecular weight excluding hydrogens is 432 g/mol. The normalized spacial score (nSPS) is 13.8. The van der Waals surface area contributed by atoms with Gasteiger partial charge in [0.25, 0.3) is 0 Å². The van der Waals surface area contributed by atoms with Gasteiger partial charge >= 0.3 is 5.97 Å². The van der Waals surface area contributed by atoms with Crippen LogP contribution in [-0.2, 0) is 16.0 Å². The summed E-state index contributed by atoms with van der Waals surface area (Å²) in [5.74, 6) is -1.41. The molecular formula is C29H33F2NO2. The number of carbonyl (C=O) groups excluding carboxylic acids is 1. The van der Waals surface area contributed by atoms with Crippen LogP contribution in [0.15, 0.2) is 71.8 Å². The molecule has 34 heavy (non-hydrogen) atoms. The Hall–Kier alpha value is -3.05. The van der Waals surface area contributed by atoms with E-state index < -0.39 is 11.6 Å². The number of ether oxygens (including phenoxy) is 1. The van der Waals surface area contributed by atoms with E-state index in [4.69, 9.17) is 4.74 Å². The van der Waals surface area contributed by atoms with Crippen LogP contribution in [0.2, 0.25) is 0 Å². The monoisotopic (exact) mass is 465 g/mol. The van der Waals surface area contributed by atoms with Gasteiger partial charge in [-0.25, -0.2) is 13.6 Å². The van der Waals surface area contributed by atoms with Gasteiger partial charge in [-0.1, -0.05) is 55.8 Å². The van der Waals surface area contributed by atoms with Crippen molar-refractivity contribution in [2.24, 2.45) is 0 Å². The fourth-order valence-electron chi connectivity index (χ4n) is 4.20. The van der Waals surface area contributed by atoms with Crippen molar-refractivity contribution in [3.8, 4) is 0 Å². The van der Waals surface area contributed by atoms with Crippen LogP contribution in [0.25, 0.3) is 5.57 Å². The predicted octanol–water partition coefficient (Wildman–Crippen LogP) is 6.43. The molecule has 0 fully saturated rings. The largest absolute Gasteiger partial charge is 0.465 e. The van der Waals surface area contributed by atoms with Gasteiger partial charge in [0.05, 0.1) is 12.7 Å². The molecule has 0 bridgehead atoms. The van der Waals surface area contributed by atoms with Crippen molar-refractivity contribution >= 4 is 11.5 Å². The zero-order chi connectivity index (χ0) is 24.5. The first-order valence-electron chi connectivity index (χ1n) is 11.8. The van der Waals surface area contributed by atoms with Crippen LogP contribution < -0.4 is 0 Å². The number of rotatable bonds is 10. The molecule has 3 rings (SSSR count). The van der Waals surface area contributed by atoms with Crippen molar-refractivity contribution in [2.45, 2.75) is 39.5 Å². The number of benzene rings is 2. The van der Waals surface area contributed by atoms with Gasteiger partial charge in [-0.3, -0.25) is 4.90 Å². The molecule has 0 radical (unpaired) electrons. The second kappa shape index (κ2) is 12.4. The summed E-state index contributed by atoms with van der Waals surface area (Å²) in [6.07, 6.45) is 9.20. The van der Waals surface area contributed by atoms with E-state index in [1.807, 2.05) is 43.3 Å². The molecule has 0 amide bonds. The number of carbonyl (C=O) groups is 1. The van der Waals surface area contributed by atoms with Crippen molar-refractivity contribution in [3.05, 3.63) is 100 Å². The highest BCUT2D eigenvalue weighted by Gasteiger charge is 2.19. The maximum Gasteiger partial charge on any atom is 0.338 e. The third-order valence-corrected chi connectivity index (χ3v) is 6.18. The van der Waals surface area contributed by atoms with Gasteiger partial charge in [-0.15, -0.1) is 0 Å². The summed E-state index contributed by atoms with van der Waals surface area (Å²) in [5.41, 5.74) is 5.28. The van der Waals surface area contributed by atoms with Crippen LogP contribution in [0.3, 0.4) is 0 Å². The Bertz CT molecular complexity index is 1100. The number of aryl methyl sites for hydroxylation is 1. The Morgan fingerprint density at radius 1 is 1.09 bits per heavy atom. The molecule has 3 nitrogen and oxygen atoms in total. The second-order valence-electron chi connectivity index (χ2n) is 8.63. The lowest BCUT2D eigenvalue weighted by atomic mass is 9.94. The van der Waals surface area contributed by atoms with Crippen LogP contribution in [0.5, 0.6) is 0 Å². The standard InChI is InChI=1S/C29H33F2NO2/c1-4-5-17-32(18-16-23-12-13-24(30)19-28(23)31)20-22-10-14-26(25-9-7-6-8-21(25)2)27(15-11-22)29(33)34-3/h6-13,15,19H,4-5,14,16-18,20H2,1-3H3. The van der Waals surface area contributed by atoms with Gasteiger partial charge in [-0.05, 0) is 72.7 Å². The van der Waals surface area contributed by atoms with Crippen molar-refractivity contribution in [3.63, 3.8) is 0 Å². The van der Waals surface area contributed by atoms with E-state index in [1.54, 1.807) is 0 Å². The molecule has 5 heteroatoms. The molecule has 0 saturated heterocycles. The molecule has 0 aliphatic heterocycles. The van der Waals surface area contributed by atoms with Gasteiger partial charge in [-0.2, -0.15) is 0 Å². The van der Waals surface area contributed by atoms with Gasteiger partial charge in [0, 0.05) is 19.2 Å². The molecule has 0 unspecified atom stereocenters. The van der Waals surface area contributed by atoms with Gasteiger partial charge in [0.1, 0.15) is 11.6 Å². The maximum atomic E-state index is 14.1. The van der Waals surface area contributed by atoms with E-state index in [9.17, 15) is 13.6 Å². The van der Waals surface area contributed by atoms with E-state index in [2.05, 4.69) is 17.9 Å². The fraction of sp³-hybridized carbons (Fsp3) is 0.345. The minimum atomic E-state index is -0.559. The van der Waals surface area contributed by atoms with Crippen molar-refractivity contribution < 1.29 is 18.3 Å². The summed E-state index contributed by atoms with van der Waals surface area (Å²) in [7, 11) is 1.40. The maximum absolute atomic E-state index is 14.1. The summed E-state index contributed by atoms with van der Waals surface area (Å²) < 4.78 is 32.4. The zero-order valence-corrected chi connectivity index (χ0v) is 20.2. The predicted molar refractivity (Wildman–Crippen MR) is 133 cm³/mol. The molecule has 0 aromatic heterocycles. The number of nitrogens with zero attached hydrogens (tertiary/aromatic N) is 1. The number of halogens is 2. The third kappa shape index (κ3) is 6.73. The van der Waals surface area contributed by atoms with E-state index >= 15 is 0 Å². The highest BCUT2D eigenvalue weighted by molar-refractivity contribution is 6.01. The molecule has 1 aliphatic rings. The molecule has 1 aliphatic carbocycles. The lowest BCUT2D eigenvalue weighted by molar-refractivity contribution is -0.135. The summed E-state index contributed by atoms with van der Waals surface area (Å²) in [6, 6.07) is 11.8. The SMILES string of the molecule is CCCCN(CCc1ccc(F)cc1F)CC1=CCC(c2ccccc2C)=C(C(=O)OC)C=C1. The number of hydrogen-bond acceptors (Lipinski definition) is 3. The van der Waals surface area contributed by atoms with E-state index in [0.717, 1.165) is 47.7 Å². The molecule has 0 atom stereocenters. The molecule has 0 spiro atoms. The first kappa shape index (κ1) is 25.6. The number of unbranched alkanes of at least 4 members (excludes halogenated alkanes) is 1. The quantitative estimate of drug-likeness (QED) is 0.379. The Morgan fingerprint density at radius 3 is 2.59 bits per heavy atom. The third-order valence-electron chi connectivity index (χ3n) is 6.18. The Labute approximate surface area is 201 Å². The lowest BCUT2D eigenvalue weighted by Gasteiger charge is -2.23. The minimum absolute atomic E-state index is 0.348. The molecule has 2 aromatic rings. The first-order valence-corrected chi connectivity index (χ1v) is 11.8. The molecule has 0 heterocycles. The van der Waals surface area contributed by atoms with Crippen LogP contribution >= 0.6 is 0 Å². The van der Waals surface area contributed by atoms with Gasteiger partial charge in [0.2, 0.25) is 0 Å². The van der Waals surface area contributed by atoms with E-state index in [1.165, 1.54) is 19.2 Å². The highest BCUT2D eigenvalue weighted by atomic mass is 19.1. The topological polar surface area (TPSA) is 29.5 Å². The molecule has 2 aromatic carbocycles. The average molecular weight is 466 g/mol. The smallest absolute Gasteiger partial charge is 0.338 e. The number of allylic oxidation sites excluding steroid dienone is 2. The molecule has 0 saturated carbocycles. The number of esters is 1. The average Bonchev–Trinajstić information content (AvgIpc) is 3.04. The molecule has 180 valence electrons. The summed E-state index contributed by atoms with van der Waals surface area (Å²) in [5, 5.41) is 0. The van der Waals surface area contributed by atoms with Crippen LogP contribution in [0.4, 0.5) is 8.78 Å². The van der Waals surface area contributed by atoms with Crippen molar-refractivity contribution in [1.29, 1.82) is 0 Å². The Morgan fingerprint density at radius 2 is 1.88 bits per heavy atom.